The number of fused-ring (bicyclic) bond motifs is 1. The monoisotopic (exact) mass is 353 g/mol. The number of esters is 1. The number of hydrogen-bond donors (Lipinski definition) is 0. The SMILES string of the molecule is Cc1cccc(OCCC(=O)OCCN2C(=O)c3ccccc3C2=O)c1. The summed E-state index contributed by atoms with van der Waals surface area (Å²) in [6.45, 7) is 2.17. The van der Waals surface area contributed by atoms with Gasteiger partial charge in [0.05, 0.1) is 30.7 Å². The van der Waals surface area contributed by atoms with Gasteiger partial charge in [-0.3, -0.25) is 19.3 Å². The highest BCUT2D eigenvalue weighted by molar-refractivity contribution is 6.21. The average Bonchev–Trinajstić information content (AvgIpc) is 2.87. The maximum absolute atomic E-state index is 12.2. The lowest BCUT2D eigenvalue weighted by Gasteiger charge is -2.14. The fourth-order valence-corrected chi connectivity index (χ4v) is 2.72. The third-order valence-corrected chi connectivity index (χ3v) is 4.02. The summed E-state index contributed by atoms with van der Waals surface area (Å²) >= 11 is 0. The second-order valence-corrected chi connectivity index (χ2v) is 5.94. The van der Waals surface area contributed by atoms with Gasteiger partial charge >= 0.3 is 5.97 Å². The van der Waals surface area contributed by atoms with E-state index in [0.717, 1.165) is 10.5 Å². The van der Waals surface area contributed by atoms with Crippen molar-refractivity contribution in [1.29, 1.82) is 0 Å². The molecule has 134 valence electrons. The summed E-state index contributed by atoms with van der Waals surface area (Å²) in [7, 11) is 0. The molecule has 1 aliphatic rings. The zero-order chi connectivity index (χ0) is 18.5. The lowest BCUT2D eigenvalue weighted by atomic mass is 10.1. The first-order chi connectivity index (χ1) is 12.6. The number of benzene rings is 2. The van der Waals surface area contributed by atoms with Crippen LogP contribution in [-0.2, 0) is 9.53 Å². The summed E-state index contributed by atoms with van der Waals surface area (Å²) in [5, 5.41) is 0. The molecule has 2 aromatic carbocycles. The van der Waals surface area contributed by atoms with Crippen LogP contribution in [0.25, 0.3) is 0 Å². The van der Waals surface area contributed by atoms with Gasteiger partial charge in [0.15, 0.2) is 0 Å². The Morgan fingerprint density at radius 2 is 1.65 bits per heavy atom. The molecule has 3 rings (SSSR count). The van der Waals surface area contributed by atoms with Gasteiger partial charge in [0.2, 0.25) is 0 Å². The van der Waals surface area contributed by atoms with E-state index < -0.39 is 5.97 Å². The predicted molar refractivity (Wildman–Crippen MR) is 94.1 cm³/mol. The van der Waals surface area contributed by atoms with Crippen LogP contribution >= 0.6 is 0 Å². The Morgan fingerprint density at radius 1 is 0.962 bits per heavy atom. The topological polar surface area (TPSA) is 72.9 Å². The Labute approximate surface area is 151 Å². The van der Waals surface area contributed by atoms with Gasteiger partial charge in [-0.2, -0.15) is 0 Å². The van der Waals surface area contributed by atoms with Crippen molar-refractivity contribution in [2.75, 3.05) is 19.8 Å². The quantitative estimate of drug-likeness (QED) is 0.565. The normalized spacial score (nSPS) is 12.9. The van der Waals surface area contributed by atoms with E-state index in [9.17, 15) is 14.4 Å². The average molecular weight is 353 g/mol. The van der Waals surface area contributed by atoms with Gasteiger partial charge in [-0.25, -0.2) is 0 Å². The van der Waals surface area contributed by atoms with E-state index in [2.05, 4.69) is 0 Å². The van der Waals surface area contributed by atoms with Crippen LogP contribution in [-0.4, -0.2) is 42.4 Å². The number of nitrogens with zero attached hydrogens (tertiary/aromatic N) is 1. The Bertz CT molecular complexity index is 811. The molecule has 0 N–H and O–H groups in total. The maximum atomic E-state index is 12.2. The number of amides is 2. The Hall–Kier alpha value is -3.15. The molecule has 0 fully saturated rings. The second-order valence-electron chi connectivity index (χ2n) is 5.94. The van der Waals surface area contributed by atoms with Crippen LogP contribution in [0.1, 0.15) is 32.7 Å². The van der Waals surface area contributed by atoms with Gasteiger partial charge in [-0.1, -0.05) is 24.3 Å². The molecule has 6 heteroatoms. The third-order valence-electron chi connectivity index (χ3n) is 4.02. The van der Waals surface area contributed by atoms with Crippen LogP contribution in [0.15, 0.2) is 48.5 Å². The van der Waals surface area contributed by atoms with E-state index in [0.29, 0.717) is 16.9 Å². The molecule has 0 saturated heterocycles. The number of rotatable bonds is 7. The van der Waals surface area contributed by atoms with Crippen molar-refractivity contribution in [1.82, 2.24) is 4.90 Å². The van der Waals surface area contributed by atoms with E-state index in [-0.39, 0.29) is 38.0 Å². The first kappa shape index (κ1) is 17.7. The summed E-state index contributed by atoms with van der Waals surface area (Å²) in [5.41, 5.74) is 1.84. The van der Waals surface area contributed by atoms with Crippen molar-refractivity contribution in [3.63, 3.8) is 0 Å². The molecule has 1 heterocycles. The Kier molecular flexibility index (Phi) is 5.31. The van der Waals surface area contributed by atoms with Gasteiger partial charge in [-0.05, 0) is 36.8 Å². The molecule has 6 nitrogen and oxygen atoms in total. The molecule has 0 aromatic heterocycles. The molecular formula is C20H19NO5. The fourth-order valence-electron chi connectivity index (χ4n) is 2.72. The molecule has 0 bridgehead atoms. The lowest BCUT2D eigenvalue weighted by molar-refractivity contribution is -0.144. The van der Waals surface area contributed by atoms with E-state index >= 15 is 0 Å². The molecule has 2 aromatic rings. The van der Waals surface area contributed by atoms with Crippen LogP contribution in [0.5, 0.6) is 5.75 Å². The van der Waals surface area contributed by atoms with Crippen molar-refractivity contribution in [3.05, 3.63) is 65.2 Å². The smallest absolute Gasteiger partial charge is 0.309 e. The largest absolute Gasteiger partial charge is 0.493 e. The summed E-state index contributed by atoms with van der Waals surface area (Å²) in [4.78, 5) is 37.2. The zero-order valence-electron chi connectivity index (χ0n) is 14.4. The van der Waals surface area contributed by atoms with Crippen LogP contribution in [0, 0.1) is 6.92 Å². The first-order valence-electron chi connectivity index (χ1n) is 8.36. The van der Waals surface area contributed by atoms with Gasteiger partial charge in [0.1, 0.15) is 12.4 Å². The minimum atomic E-state index is -0.436. The van der Waals surface area contributed by atoms with Crippen molar-refractivity contribution in [2.24, 2.45) is 0 Å². The fraction of sp³-hybridized carbons (Fsp3) is 0.250. The minimum Gasteiger partial charge on any atom is -0.493 e. The maximum Gasteiger partial charge on any atom is 0.309 e. The van der Waals surface area contributed by atoms with Crippen LogP contribution in [0.3, 0.4) is 0 Å². The Balaban J connectivity index is 1.40. The number of aryl methyl sites for hydroxylation is 1. The number of ether oxygens (including phenoxy) is 2. The van der Waals surface area contributed by atoms with E-state index in [1.54, 1.807) is 24.3 Å². The van der Waals surface area contributed by atoms with Crippen molar-refractivity contribution in [2.45, 2.75) is 13.3 Å². The second kappa shape index (κ2) is 7.82. The molecular weight excluding hydrogens is 334 g/mol. The standard InChI is InChI=1S/C20H19NO5/c1-14-5-4-6-15(13-14)25-11-9-18(22)26-12-10-21-19(23)16-7-2-3-8-17(16)20(21)24/h2-8,13H,9-12H2,1H3. The number of carbonyl (C=O) groups is 3. The van der Waals surface area contributed by atoms with Crippen molar-refractivity contribution < 1.29 is 23.9 Å². The highest BCUT2D eigenvalue weighted by atomic mass is 16.5. The van der Waals surface area contributed by atoms with E-state index in [1.807, 2.05) is 31.2 Å². The third kappa shape index (κ3) is 3.91. The summed E-state index contributed by atoms with van der Waals surface area (Å²) in [5.74, 6) is -0.452. The highest BCUT2D eigenvalue weighted by Gasteiger charge is 2.34. The molecule has 0 radical (unpaired) electrons. The molecule has 0 spiro atoms. The van der Waals surface area contributed by atoms with Crippen molar-refractivity contribution >= 4 is 17.8 Å². The van der Waals surface area contributed by atoms with Gasteiger partial charge < -0.3 is 9.47 Å². The first-order valence-corrected chi connectivity index (χ1v) is 8.36. The van der Waals surface area contributed by atoms with Crippen LogP contribution in [0.2, 0.25) is 0 Å². The summed E-state index contributed by atoms with van der Waals surface area (Å²) in [6.07, 6.45) is 0.0933. The minimum absolute atomic E-state index is 0.0330. The number of imide groups is 1. The molecule has 0 aliphatic carbocycles. The highest BCUT2D eigenvalue weighted by Crippen LogP contribution is 2.21. The van der Waals surface area contributed by atoms with E-state index in [1.165, 1.54) is 0 Å². The van der Waals surface area contributed by atoms with Crippen LogP contribution in [0.4, 0.5) is 0 Å². The molecule has 0 unspecified atom stereocenters. The predicted octanol–water partition coefficient (Wildman–Crippen LogP) is 2.60. The van der Waals surface area contributed by atoms with E-state index in [4.69, 9.17) is 9.47 Å². The van der Waals surface area contributed by atoms with Crippen LogP contribution < -0.4 is 4.74 Å². The lowest BCUT2D eigenvalue weighted by Crippen LogP contribution is -2.33. The number of carbonyl (C=O) groups excluding carboxylic acids is 3. The van der Waals surface area contributed by atoms with Gasteiger partial charge in [-0.15, -0.1) is 0 Å². The van der Waals surface area contributed by atoms with Gasteiger partial charge in [0, 0.05) is 0 Å². The summed E-state index contributed by atoms with van der Waals surface area (Å²) in [6, 6.07) is 14.2. The Morgan fingerprint density at radius 3 is 2.31 bits per heavy atom. The van der Waals surface area contributed by atoms with Gasteiger partial charge in [0.25, 0.3) is 11.8 Å². The molecule has 0 atom stereocenters. The molecule has 1 aliphatic heterocycles. The number of hydrogen-bond acceptors (Lipinski definition) is 5. The molecule has 0 saturated carbocycles. The van der Waals surface area contributed by atoms with Crippen molar-refractivity contribution in [3.8, 4) is 5.75 Å². The summed E-state index contributed by atoms with van der Waals surface area (Å²) < 4.78 is 10.6. The zero-order valence-corrected chi connectivity index (χ0v) is 14.4. The molecule has 2 amide bonds. The molecule has 26 heavy (non-hydrogen) atoms.